The Morgan fingerprint density at radius 1 is 1.12 bits per heavy atom. The Hall–Kier alpha value is -4.68. The molecule has 0 spiro atoms. The second kappa shape index (κ2) is 9.44. The smallest absolute Gasteiger partial charge is 0.271 e. The van der Waals surface area contributed by atoms with Gasteiger partial charge in [-0.25, -0.2) is 4.79 Å². The molecule has 1 heterocycles. The molecule has 0 saturated heterocycles. The molecule has 0 unspecified atom stereocenters. The summed E-state index contributed by atoms with van der Waals surface area (Å²) >= 11 is 0. The molecule has 1 amide bonds. The number of benzene rings is 3. The Balaban J connectivity index is 1.55. The Labute approximate surface area is 195 Å². The molecule has 8 heteroatoms. The zero-order valence-electron chi connectivity index (χ0n) is 18.5. The number of non-ortho nitro benzene ring substituents is 1. The normalized spacial score (nSPS) is 12.1. The monoisotopic (exact) mass is 456 g/mol. The van der Waals surface area contributed by atoms with E-state index in [1.54, 1.807) is 44.1 Å². The van der Waals surface area contributed by atoms with E-state index >= 15 is 0 Å². The topological polar surface area (TPSA) is 108 Å². The Bertz CT molecular complexity index is 1370. The van der Waals surface area contributed by atoms with Crippen molar-refractivity contribution in [2.75, 3.05) is 11.9 Å². The predicted octanol–water partition coefficient (Wildman–Crippen LogP) is 4.77. The van der Waals surface area contributed by atoms with Crippen molar-refractivity contribution in [1.29, 1.82) is 0 Å². The number of nitrogens with one attached hydrogen (secondary N) is 1. The first-order chi connectivity index (χ1) is 16.4. The van der Waals surface area contributed by atoms with Crippen LogP contribution in [-0.2, 0) is 9.59 Å². The lowest BCUT2D eigenvalue weighted by Crippen LogP contribution is -2.21. The summed E-state index contributed by atoms with van der Waals surface area (Å²) in [6.07, 6.45) is 1.64. The number of hydrogen-bond acceptors (Lipinski definition) is 6. The number of carbonyl (C=O) groups excluding carboxylic acids is 2. The molecule has 3 aromatic carbocycles. The molecule has 4 rings (SSSR count). The van der Waals surface area contributed by atoms with E-state index in [4.69, 9.17) is 9.47 Å². The van der Waals surface area contributed by atoms with Gasteiger partial charge in [0.2, 0.25) is 5.76 Å². The summed E-state index contributed by atoms with van der Waals surface area (Å²) in [5.74, 6) is 2.23. The van der Waals surface area contributed by atoms with Crippen molar-refractivity contribution in [1.82, 2.24) is 0 Å². The molecule has 0 fully saturated rings. The number of nitro groups is 1. The third-order valence-electron chi connectivity index (χ3n) is 5.38. The number of aryl methyl sites for hydroxylation is 1. The van der Waals surface area contributed by atoms with E-state index < -0.39 is 10.8 Å². The van der Waals surface area contributed by atoms with Gasteiger partial charge < -0.3 is 14.8 Å². The number of rotatable bonds is 6. The molecule has 0 aromatic heterocycles. The largest absolute Gasteiger partial charge is 0.483 e. The minimum absolute atomic E-state index is 0.0468. The van der Waals surface area contributed by atoms with Gasteiger partial charge in [0.25, 0.3) is 11.6 Å². The molecule has 0 atom stereocenters. The van der Waals surface area contributed by atoms with Crippen molar-refractivity contribution in [2.45, 2.75) is 13.8 Å². The Kier molecular flexibility index (Phi) is 6.25. The molecule has 0 radical (unpaired) electrons. The van der Waals surface area contributed by atoms with Crippen LogP contribution in [0.25, 0.3) is 5.57 Å². The van der Waals surface area contributed by atoms with Crippen molar-refractivity contribution in [2.24, 2.45) is 0 Å². The van der Waals surface area contributed by atoms with Gasteiger partial charge in [0.05, 0.1) is 10.6 Å². The van der Waals surface area contributed by atoms with Crippen LogP contribution in [0.4, 0.5) is 11.4 Å². The van der Waals surface area contributed by atoms with Gasteiger partial charge in [-0.05, 0) is 42.7 Å². The highest BCUT2D eigenvalue weighted by molar-refractivity contribution is 5.93. The Morgan fingerprint density at radius 2 is 1.88 bits per heavy atom. The summed E-state index contributed by atoms with van der Waals surface area (Å²) < 4.78 is 11.4. The molecular weight excluding hydrogens is 436 g/mol. The fraction of sp³-hybridized carbons (Fsp3) is 0.115. The highest BCUT2D eigenvalue weighted by Gasteiger charge is 2.23. The van der Waals surface area contributed by atoms with Crippen LogP contribution < -0.4 is 14.8 Å². The van der Waals surface area contributed by atoms with Crippen LogP contribution in [0.2, 0.25) is 0 Å². The minimum atomic E-state index is -0.526. The van der Waals surface area contributed by atoms with Crippen molar-refractivity contribution in [3.8, 4) is 11.5 Å². The van der Waals surface area contributed by atoms with Gasteiger partial charge in [-0.1, -0.05) is 36.4 Å². The highest BCUT2D eigenvalue weighted by atomic mass is 16.6. The van der Waals surface area contributed by atoms with Gasteiger partial charge in [-0.15, -0.1) is 0 Å². The molecule has 0 saturated carbocycles. The molecule has 1 N–H and O–H groups in total. The van der Waals surface area contributed by atoms with Gasteiger partial charge in [0.1, 0.15) is 11.5 Å². The lowest BCUT2D eigenvalue weighted by atomic mass is 9.93. The first-order valence-corrected chi connectivity index (χ1v) is 10.4. The summed E-state index contributed by atoms with van der Waals surface area (Å²) in [6, 6.07) is 17.4. The standard InChI is InChI=1S/C26H20N2O6/c1-16-8-9-19(28(31)32)12-23(16)27-25(30)15-33-24-11-10-21-22(18-6-4-3-5-7-18)13-20(14-29)34-26(21)17(24)2/h3-13H,15H2,1-2H3,(H,27,30). The van der Waals surface area contributed by atoms with Gasteiger partial charge in [-0.2, -0.15) is 0 Å². The summed E-state index contributed by atoms with van der Waals surface area (Å²) in [5, 5.41) is 13.6. The van der Waals surface area contributed by atoms with Crippen LogP contribution in [-0.4, -0.2) is 23.4 Å². The maximum atomic E-state index is 12.5. The summed E-state index contributed by atoms with van der Waals surface area (Å²) in [4.78, 5) is 34.3. The molecular formula is C26H20N2O6. The molecule has 8 nitrogen and oxygen atoms in total. The first-order valence-electron chi connectivity index (χ1n) is 10.4. The molecule has 0 bridgehead atoms. The third kappa shape index (κ3) is 4.57. The number of hydrogen-bond donors (Lipinski definition) is 1. The van der Waals surface area contributed by atoms with Gasteiger partial charge in [0.15, 0.2) is 12.5 Å². The average Bonchev–Trinajstić information content (AvgIpc) is 2.85. The maximum Gasteiger partial charge on any atom is 0.271 e. The average molecular weight is 456 g/mol. The zero-order chi connectivity index (χ0) is 24.2. The van der Waals surface area contributed by atoms with Crippen molar-refractivity contribution >= 4 is 28.8 Å². The van der Waals surface area contributed by atoms with Crippen LogP contribution >= 0.6 is 0 Å². The quantitative estimate of drug-likeness (QED) is 0.325. The van der Waals surface area contributed by atoms with E-state index in [1.807, 2.05) is 30.3 Å². The van der Waals surface area contributed by atoms with Crippen LogP contribution in [0.15, 0.2) is 72.5 Å². The second-order valence-corrected chi connectivity index (χ2v) is 7.65. The predicted molar refractivity (Wildman–Crippen MR) is 126 cm³/mol. The summed E-state index contributed by atoms with van der Waals surface area (Å²) in [7, 11) is 0. The van der Waals surface area contributed by atoms with Crippen molar-refractivity contribution < 1.29 is 24.0 Å². The van der Waals surface area contributed by atoms with Crippen molar-refractivity contribution in [3.05, 3.63) is 105 Å². The van der Waals surface area contributed by atoms with Gasteiger partial charge in [0, 0.05) is 29.3 Å². The number of allylic oxidation sites excluding steroid dienone is 1. The van der Waals surface area contributed by atoms with Crippen LogP contribution in [0.5, 0.6) is 11.5 Å². The van der Waals surface area contributed by atoms with Gasteiger partial charge in [-0.3, -0.25) is 14.9 Å². The van der Waals surface area contributed by atoms with Crippen molar-refractivity contribution in [3.63, 3.8) is 0 Å². The van der Waals surface area contributed by atoms with Crippen LogP contribution in [0, 0.1) is 24.0 Å². The fourth-order valence-corrected chi connectivity index (χ4v) is 3.62. The molecule has 3 aromatic rings. The number of nitro benzene ring substituents is 1. The zero-order valence-corrected chi connectivity index (χ0v) is 18.5. The molecule has 170 valence electrons. The number of anilines is 1. The number of amides is 1. The number of carbonyl (C=O) groups is 1. The lowest BCUT2D eigenvalue weighted by molar-refractivity contribution is -0.384. The molecule has 1 aliphatic rings. The maximum absolute atomic E-state index is 12.5. The van der Waals surface area contributed by atoms with Gasteiger partial charge >= 0.3 is 0 Å². The van der Waals surface area contributed by atoms with Crippen LogP contribution in [0.1, 0.15) is 22.3 Å². The molecule has 0 aliphatic carbocycles. The van der Waals surface area contributed by atoms with E-state index in [1.165, 1.54) is 12.1 Å². The molecule has 1 aliphatic heterocycles. The minimum Gasteiger partial charge on any atom is -0.483 e. The Morgan fingerprint density at radius 3 is 2.59 bits per heavy atom. The van der Waals surface area contributed by atoms with E-state index in [0.717, 1.165) is 16.7 Å². The highest BCUT2D eigenvalue weighted by Crippen LogP contribution is 2.42. The van der Waals surface area contributed by atoms with E-state index in [9.17, 15) is 19.7 Å². The number of ether oxygens (including phenoxy) is 2. The fourth-order valence-electron chi connectivity index (χ4n) is 3.62. The summed E-state index contributed by atoms with van der Waals surface area (Å²) in [5.41, 5.74) is 4.04. The lowest BCUT2D eigenvalue weighted by Gasteiger charge is -2.22. The number of nitrogens with zero attached hydrogens (tertiary/aromatic N) is 1. The third-order valence-corrected chi connectivity index (χ3v) is 5.38. The first kappa shape index (κ1) is 22.5. The second-order valence-electron chi connectivity index (χ2n) is 7.65. The number of fused-ring (bicyclic) bond motifs is 1. The summed E-state index contributed by atoms with van der Waals surface area (Å²) in [6.45, 7) is 3.19. The SMILES string of the molecule is Cc1ccc([N+](=O)[O-])cc1NC(=O)COc1ccc2c(c1C)OC(=C=O)C=C2c1ccccc1. The van der Waals surface area contributed by atoms with E-state index in [0.29, 0.717) is 28.3 Å². The van der Waals surface area contributed by atoms with Crippen LogP contribution in [0.3, 0.4) is 0 Å². The van der Waals surface area contributed by atoms with E-state index in [2.05, 4.69) is 5.32 Å². The van der Waals surface area contributed by atoms with E-state index in [-0.39, 0.29) is 18.1 Å². The molecule has 34 heavy (non-hydrogen) atoms.